The summed E-state index contributed by atoms with van der Waals surface area (Å²) in [4.78, 5) is 6.08. The minimum Gasteiger partial charge on any atom is -0.396 e. The number of rotatable bonds is 4. The van der Waals surface area contributed by atoms with Crippen LogP contribution < -0.4 is 10.6 Å². The third-order valence-electron chi connectivity index (χ3n) is 3.11. The van der Waals surface area contributed by atoms with Crippen LogP contribution in [0.5, 0.6) is 0 Å². The van der Waals surface area contributed by atoms with Gasteiger partial charge in [-0.15, -0.1) is 0 Å². The van der Waals surface area contributed by atoms with Crippen LogP contribution in [-0.4, -0.2) is 63.6 Å². The molecule has 1 fully saturated rings. The van der Waals surface area contributed by atoms with Crippen LogP contribution >= 0.6 is 0 Å². The molecule has 2 heterocycles. The van der Waals surface area contributed by atoms with Crippen LogP contribution in [0.2, 0.25) is 0 Å². The van der Waals surface area contributed by atoms with E-state index in [1.807, 2.05) is 4.90 Å². The van der Waals surface area contributed by atoms with Gasteiger partial charge in [-0.1, -0.05) is 0 Å². The highest BCUT2D eigenvalue weighted by Gasteiger charge is 2.30. The minimum absolute atomic E-state index is 0.216. The van der Waals surface area contributed by atoms with E-state index in [4.69, 9.17) is 5.73 Å². The molecule has 118 valence electrons. The van der Waals surface area contributed by atoms with E-state index in [0.29, 0.717) is 24.6 Å². The third kappa shape index (κ3) is 4.05. The van der Waals surface area contributed by atoms with Gasteiger partial charge in [0, 0.05) is 38.6 Å². The summed E-state index contributed by atoms with van der Waals surface area (Å²) in [5.41, 5.74) is 6.37. The van der Waals surface area contributed by atoms with E-state index >= 15 is 0 Å². The normalized spacial score (nSPS) is 17.9. The summed E-state index contributed by atoms with van der Waals surface area (Å²) in [7, 11) is -7.37. The van der Waals surface area contributed by atoms with E-state index in [9.17, 15) is 16.8 Å². The zero-order valence-electron chi connectivity index (χ0n) is 11.6. The molecule has 1 aliphatic rings. The zero-order valence-corrected chi connectivity index (χ0v) is 13.3. The number of nitrogens with two attached hydrogens (primary N) is 1. The van der Waals surface area contributed by atoms with Gasteiger partial charge in [-0.25, -0.2) is 21.8 Å². The first-order valence-corrected chi connectivity index (χ1v) is 9.97. The highest BCUT2D eigenvalue weighted by atomic mass is 32.3. The third-order valence-corrected chi connectivity index (χ3v) is 7.17. The van der Waals surface area contributed by atoms with Crippen LogP contribution in [0, 0.1) is 0 Å². The molecule has 0 bridgehead atoms. The Bertz CT molecular complexity index is 709. The second-order valence-corrected chi connectivity index (χ2v) is 9.43. The van der Waals surface area contributed by atoms with Gasteiger partial charge >= 0.3 is 0 Å². The highest BCUT2D eigenvalue weighted by molar-refractivity contribution is 8.06. The molecule has 2 N–H and O–H groups in total. The molecule has 8 nitrogen and oxygen atoms in total. The summed E-state index contributed by atoms with van der Waals surface area (Å²) in [5.74, 6) is 0.623. The largest absolute Gasteiger partial charge is 0.396 e. The molecule has 0 aromatic carbocycles. The van der Waals surface area contributed by atoms with Crippen molar-refractivity contribution < 1.29 is 16.8 Å². The van der Waals surface area contributed by atoms with Crippen molar-refractivity contribution in [1.82, 2.24) is 9.29 Å². The molecule has 0 amide bonds. The van der Waals surface area contributed by atoms with Gasteiger partial charge in [0.2, 0.25) is 10.0 Å². The van der Waals surface area contributed by atoms with E-state index in [1.54, 1.807) is 18.3 Å². The Morgan fingerprint density at radius 3 is 2.33 bits per heavy atom. The average Bonchev–Trinajstić information content (AvgIpc) is 2.37. The van der Waals surface area contributed by atoms with Crippen molar-refractivity contribution in [2.45, 2.75) is 0 Å². The predicted molar refractivity (Wildman–Crippen MR) is 81.1 cm³/mol. The summed E-state index contributed by atoms with van der Waals surface area (Å²) in [6, 6.07) is 3.46. The molecular weight excluding hydrogens is 316 g/mol. The van der Waals surface area contributed by atoms with Crippen LogP contribution in [0.25, 0.3) is 0 Å². The van der Waals surface area contributed by atoms with Gasteiger partial charge < -0.3 is 10.6 Å². The lowest BCUT2D eigenvalue weighted by Gasteiger charge is -2.34. The highest BCUT2D eigenvalue weighted by Crippen LogP contribution is 2.21. The predicted octanol–water partition coefficient (Wildman–Crippen LogP) is -0.882. The van der Waals surface area contributed by atoms with Gasteiger partial charge in [-0.3, -0.25) is 0 Å². The van der Waals surface area contributed by atoms with E-state index < -0.39 is 24.9 Å². The number of aromatic nitrogens is 1. The van der Waals surface area contributed by atoms with E-state index in [2.05, 4.69) is 4.98 Å². The maximum absolute atomic E-state index is 12.0. The number of sulfonamides is 1. The van der Waals surface area contributed by atoms with Crippen LogP contribution in [0.3, 0.4) is 0 Å². The van der Waals surface area contributed by atoms with Gasteiger partial charge in [0.05, 0.1) is 5.69 Å². The first-order chi connectivity index (χ1) is 9.69. The molecule has 21 heavy (non-hydrogen) atoms. The fraction of sp³-hybridized carbons (Fsp3) is 0.545. The molecule has 1 aromatic rings. The standard InChI is InChI=1S/C11H18N4O4S2/c1-20(16,17)9-21(18,19)15-7-5-14(6-8-15)11-10(12)3-2-4-13-11/h2-4H,5-9,12H2,1H3. The number of nitrogens with zero attached hydrogens (tertiary/aromatic N) is 3. The monoisotopic (exact) mass is 334 g/mol. The number of anilines is 2. The topological polar surface area (TPSA) is 114 Å². The molecule has 0 spiro atoms. The van der Waals surface area contributed by atoms with Gasteiger partial charge in [0.15, 0.2) is 20.7 Å². The summed E-state index contributed by atoms with van der Waals surface area (Å²) < 4.78 is 47.6. The first-order valence-electron chi connectivity index (χ1n) is 6.30. The number of sulfone groups is 1. The Morgan fingerprint density at radius 2 is 1.81 bits per heavy atom. The minimum atomic E-state index is -3.79. The molecule has 2 rings (SSSR count). The van der Waals surface area contributed by atoms with Gasteiger partial charge in [0.25, 0.3) is 0 Å². The van der Waals surface area contributed by atoms with Crippen molar-refractivity contribution in [1.29, 1.82) is 0 Å². The number of nitrogen functional groups attached to an aromatic ring is 1. The fourth-order valence-electron chi connectivity index (χ4n) is 2.20. The van der Waals surface area contributed by atoms with Crippen LogP contribution in [-0.2, 0) is 19.9 Å². The Hall–Kier alpha value is -1.39. The van der Waals surface area contributed by atoms with Crippen LogP contribution in [0.4, 0.5) is 11.5 Å². The molecule has 1 aromatic heterocycles. The zero-order chi connectivity index (χ0) is 15.7. The quantitative estimate of drug-likeness (QED) is 0.760. The van der Waals surface area contributed by atoms with Gasteiger partial charge in [-0.2, -0.15) is 4.31 Å². The SMILES string of the molecule is CS(=O)(=O)CS(=O)(=O)N1CCN(c2ncccc2N)CC1. The number of pyridine rings is 1. The van der Waals surface area contributed by atoms with Crippen molar-refractivity contribution in [3.05, 3.63) is 18.3 Å². The molecule has 0 atom stereocenters. The lowest BCUT2D eigenvalue weighted by Crippen LogP contribution is -2.50. The summed E-state index contributed by atoms with van der Waals surface area (Å²) >= 11 is 0. The van der Waals surface area contributed by atoms with Crippen molar-refractivity contribution in [3.8, 4) is 0 Å². The van der Waals surface area contributed by atoms with Crippen LogP contribution in [0.1, 0.15) is 0 Å². The smallest absolute Gasteiger partial charge is 0.228 e. The van der Waals surface area contributed by atoms with Crippen molar-refractivity contribution in [2.24, 2.45) is 0 Å². The van der Waals surface area contributed by atoms with Gasteiger partial charge in [-0.05, 0) is 12.1 Å². The molecule has 0 saturated carbocycles. The molecule has 1 aliphatic heterocycles. The maximum Gasteiger partial charge on any atom is 0.228 e. The molecule has 10 heteroatoms. The molecule has 0 aliphatic carbocycles. The first kappa shape index (κ1) is 16.0. The van der Waals surface area contributed by atoms with Crippen molar-refractivity contribution in [2.75, 3.05) is 48.2 Å². The summed E-state index contributed by atoms with van der Waals surface area (Å²) in [5, 5.41) is -0.855. The van der Waals surface area contributed by atoms with E-state index in [0.717, 1.165) is 6.26 Å². The lowest BCUT2D eigenvalue weighted by molar-refractivity contribution is 0.386. The Kier molecular flexibility index (Phi) is 4.40. The van der Waals surface area contributed by atoms with Crippen LogP contribution in [0.15, 0.2) is 18.3 Å². The van der Waals surface area contributed by atoms with E-state index in [-0.39, 0.29) is 13.1 Å². The number of hydrogen-bond donors (Lipinski definition) is 1. The maximum atomic E-state index is 12.0. The second-order valence-electron chi connectivity index (χ2n) is 4.96. The number of hydrogen-bond acceptors (Lipinski definition) is 7. The van der Waals surface area contributed by atoms with E-state index in [1.165, 1.54) is 4.31 Å². The van der Waals surface area contributed by atoms with Crippen molar-refractivity contribution >= 4 is 31.4 Å². The molecule has 0 unspecified atom stereocenters. The summed E-state index contributed by atoms with van der Waals surface area (Å²) in [6.07, 6.45) is 2.54. The molecule has 0 radical (unpaired) electrons. The molecule has 1 saturated heterocycles. The summed E-state index contributed by atoms with van der Waals surface area (Å²) in [6.45, 7) is 1.27. The number of piperazine rings is 1. The molecular formula is C11H18N4O4S2. The van der Waals surface area contributed by atoms with Gasteiger partial charge in [0.1, 0.15) is 0 Å². The Morgan fingerprint density at radius 1 is 1.19 bits per heavy atom. The lowest BCUT2D eigenvalue weighted by atomic mass is 10.3. The fourth-order valence-corrected chi connectivity index (χ4v) is 5.68. The van der Waals surface area contributed by atoms with Crippen molar-refractivity contribution in [3.63, 3.8) is 0 Å². The second kappa shape index (κ2) is 5.78. The Labute approximate surface area is 124 Å². The average molecular weight is 334 g/mol. The Balaban J connectivity index is 2.06.